The van der Waals surface area contributed by atoms with Gasteiger partial charge >= 0.3 is 6.03 Å². The zero-order chi connectivity index (χ0) is 13.8. The number of nitrogens with one attached hydrogen (secondary N) is 1. The van der Waals surface area contributed by atoms with Crippen molar-refractivity contribution >= 4 is 17.8 Å². The van der Waals surface area contributed by atoms with Crippen LogP contribution in [0.25, 0.3) is 0 Å². The zero-order valence-corrected chi connectivity index (χ0v) is 11.4. The summed E-state index contributed by atoms with van der Waals surface area (Å²) in [6, 6.07) is -0.193. The van der Waals surface area contributed by atoms with Crippen molar-refractivity contribution in [2.24, 2.45) is 0 Å². The number of nitrogens with zero attached hydrogens (tertiary/aromatic N) is 2. The molecule has 2 fully saturated rings. The highest BCUT2D eigenvalue weighted by molar-refractivity contribution is 6.04. The Morgan fingerprint density at radius 1 is 1.21 bits per heavy atom. The Kier molecular flexibility index (Phi) is 4.39. The van der Waals surface area contributed by atoms with E-state index in [9.17, 15) is 14.4 Å². The highest BCUT2D eigenvalue weighted by Gasteiger charge is 2.34. The Balaban J connectivity index is 1.83. The molecule has 6 heteroatoms. The minimum Gasteiger partial charge on any atom is -0.352 e. The monoisotopic (exact) mass is 267 g/mol. The van der Waals surface area contributed by atoms with Crippen LogP contribution in [0.2, 0.25) is 0 Å². The van der Waals surface area contributed by atoms with Crippen LogP contribution in [0, 0.1) is 0 Å². The van der Waals surface area contributed by atoms with Gasteiger partial charge in [-0.3, -0.25) is 14.5 Å². The highest BCUT2D eigenvalue weighted by atomic mass is 16.2. The Morgan fingerprint density at radius 3 is 2.37 bits per heavy atom. The third kappa shape index (κ3) is 3.45. The first-order valence-electron chi connectivity index (χ1n) is 6.93. The van der Waals surface area contributed by atoms with E-state index in [1.807, 2.05) is 0 Å². The number of amides is 4. The van der Waals surface area contributed by atoms with Crippen molar-refractivity contribution in [1.29, 1.82) is 0 Å². The smallest absolute Gasteiger partial charge is 0.327 e. The lowest BCUT2D eigenvalue weighted by molar-refractivity contribution is -0.131. The summed E-state index contributed by atoms with van der Waals surface area (Å²) < 4.78 is 0. The molecule has 1 saturated heterocycles. The average Bonchev–Trinajstić information content (AvgIpc) is 2.60. The van der Waals surface area contributed by atoms with Crippen molar-refractivity contribution in [3.8, 4) is 0 Å². The Morgan fingerprint density at radius 2 is 1.84 bits per heavy atom. The van der Waals surface area contributed by atoms with Gasteiger partial charge < -0.3 is 10.2 Å². The molecule has 1 heterocycles. The molecule has 1 N–H and O–H groups in total. The number of urea groups is 1. The Labute approximate surface area is 113 Å². The largest absolute Gasteiger partial charge is 0.352 e. The number of hydrogen-bond donors (Lipinski definition) is 1. The van der Waals surface area contributed by atoms with E-state index in [0.717, 1.165) is 30.6 Å². The second-order valence-corrected chi connectivity index (χ2v) is 5.37. The minimum atomic E-state index is -0.388. The fourth-order valence-electron chi connectivity index (χ4n) is 2.67. The van der Waals surface area contributed by atoms with Gasteiger partial charge in [0, 0.05) is 13.1 Å². The van der Waals surface area contributed by atoms with Gasteiger partial charge in [0.2, 0.25) is 5.91 Å². The molecule has 1 saturated carbocycles. The molecular formula is C13H21N3O3. The summed E-state index contributed by atoms with van der Waals surface area (Å²) in [7, 11) is 1.56. The summed E-state index contributed by atoms with van der Waals surface area (Å²) in [6.45, 7) is -0.0892. The second-order valence-electron chi connectivity index (χ2n) is 5.37. The van der Waals surface area contributed by atoms with Crippen LogP contribution in [0.4, 0.5) is 4.79 Å². The molecule has 0 aromatic heterocycles. The van der Waals surface area contributed by atoms with Gasteiger partial charge in [-0.25, -0.2) is 4.79 Å². The highest BCUT2D eigenvalue weighted by Crippen LogP contribution is 2.17. The maximum Gasteiger partial charge on any atom is 0.327 e. The maximum atomic E-state index is 11.9. The molecule has 0 aromatic rings. The van der Waals surface area contributed by atoms with E-state index in [4.69, 9.17) is 0 Å². The van der Waals surface area contributed by atoms with E-state index < -0.39 is 0 Å². The van der Waals surface area contributed by atoms with E-state index >= 15 is 0 Å². The SMILES string of the molecule is CN1CC(=O)N(CC(=O)NC2CCCCCC2)C1=O. The van der Waals surface area contributed by atoms with E-state index in [1.165, 1.54) is 17.7 Å². The van der Waals surface area contributed by atoms with Gasteiger partial charge in [0.05, 0.1) is 0 Å². The minimum absolute atomic E-state index is 0.0650. The number of rotatable bonds is 3. The lowest BCUT2D eigenvalue weighted by Gasteiger charge is -2.19. The van der Waals surface area contributed by atoms with Crippen molar-refractivity contribution < 1.29 is 14.4 Å². The lowest BCUT2D eigenvalue weighted by Crippen LogP contribution is -2.44. The molecule has 0 radical (unpaired) electrons. The zero-order valence-electron chi connectivity index (χ0n) is 11.4. The molecule has 0 atom stereocenters. The van der Waals surface area contributed by atoms with Crippen LogP contribution in [0.3, 0.4) is 0 Å². The number of hydrogen-bond acceptors (Lipinski definition) is 3. The molecule has 0 bridgehead atoms. The van der Waals surface area contributed by atoms with Crippen molar-refractivity contribution in [2.75, 3.05) is 20.1 Å². The van der Waals surface area contributed by atoms with Crippen LogP contribution in [0.15, 0.2) is 0 Å². The van der Waals surface area contributed by atoms with Gasteiger partial charge in [0.25, 0.3) is 5.91 Å². The molecule has 2 rings (SSSR count). The van der Waals surface area contributed by atoms with Gasteiger partial charge in [0.15, 0.2) is 0 Å². The molecule has 1 aliphatic carbocycles. The van der Waals surface area contributed by atoms with Crippen molar-refractivity contribution in [3.63, 3.8) is 0 Å². The fraction of sp³-hybridized carbons (Fsp3) is 0.769. The van der Waals surface area contributed by atoms with Crippen molar-refractivity contribution in [2.45, 2.75) is 44.6 Å². The summed E-state index contributed by atoms with van der Waals surface area (Å²) in [5.41, 5.74) is 0. The van der Waals surface area contributed by atoms with Crippen LogP contribution in [0.1, 0.15) is 38.5 Å². The van der Waals surface area contributed by atoms with Gasteiger partial charge in [-0.2, -0.15) is 0 Å². The molecule has 106 valence electrons. The normalized spacial score (nSPS) is 21.7. The molecule has 6 nitrogen and oxygen atoms in total. The summed E-state index contributed by atoms with van der Waals surface area (Å²) in [6.07, 6.45) is 6.70. The number of imide groups is 1. The van der Waals surface area contributed by atoms with Crippen LogP contribution in [0.5, 0.6) is 0 Å². The Hall–Kier alpha value is -1.59. The third-order valence-corrected chi connectivity index (χ3v) is 3.75. The van der Waals surface area contributed by atoms with E-state index in [0.29, 0.717) is 0 Å². The maximum absolute atomic E-state index is 11.9. The van der Waals surface area contributed by atoms with Gasteiger partial charge in [0.1, 0.15) is 13.1 Å². The van der Waals surface area contributed by atoms with Crippen molar-refractivity contribution in [3.05, 3.63) is 0 Å². The van der Waals surface area contributed by atoms with Crippen LogP contribution < -0.4 is 5.32 Å². The molecule has 0 spiro atoms. The predicted molar refractivity (Wildman–Crippen MR) is 69.4 cm³/mol. The summed E-state index contributed by atoms with van der Waals surface area (Å²) in [5, 5.41) is 2.94. The molecular weight excluding hydrogens is 246 g/mol. The van der Waals surface area contributed by atoms with E-state index in [2.05, 4.69) is 5.32 Å². The standard InChI is InChI=1S/C13H21N3O3/c1-15-9-12(18)16(13(15)19)8-11(17)14-10-6-4-2-3-5-7-10/h10H,2-9H2,1H3,(H,14,17). The second kappa shape index (κ2) is 6.04. The number of carbonyl (C=O) groups is 3. The van der Waals surface area contributed by atoms with Crippen LogP contribution in [-0.2, 0) is 9.59 Å². The van der Waals surface area contributed by atoms with Gasteiger partial charge in [-0.1, -0.05) is 25.7 Å². The topological polar surface area (TPSA) is 69.7 Å². The van der Waals surface area contributed by atoms with Crippen LogP contribution in [-0.4, -0.2) is 53.8 Å². The number of likely N-dealkylation sites (N-methyl/N-ethyl adjacent to an activating group) is 1. The molecule has 1 aliphatic heterocycles. The van der Waals surface area contributed by atoms with Gasteiger partial charge in [-0.05, 0) is 12.8 Å². The molecule has 2 aliphatic rings. The summed E-state index contributed by atoms with van der Waals surface area (Å²) in [4.78, 5) is 37.5. The number of carbonyl (C=O) groups excluding carboxylic acids is 3. The first-order valence-corrected chi connectivity index (χ1v) is 6.93. The summed E-state index contributed by atoms with van der Waals surface area (Å²) in [5.74, 6) is -0.535. The molecule has 0 aromatic carbocycles. The average molecular weight is 267 g/mol. The fourth-order valence-corrected chi connectivity index (χ4v) is 2.67. The molecule has 4 amide bonds. The quantitative estimate of drug-likeness (QED) is 0.605. The van der Waals surface area contributed by atoms with Gasteiger partial charge in [-0.15, -0.1) is 0 Å². The molecule has 0 unspecified atom stereocenters. The molecule has 19 heavy (non-hydrogen) atoms. The third-order valence-electron chi connectivity index (χ3n) is 3.75. The Bertz CT molecular complexity index is 375. The lowest BCUT2D eigenvalue weighted by atomic mass is 10.1. The summed E-state index contributed by atoms with van der Waals surface area (Å²) >= 11 is 0. The first kappa shape index (κ1) is 13.8. The van der Waals surface area contributed by atoms with Crippen LogP contribution >= 0.6 is 0 Å². The van der Waals surface area contributed by atoms with E-state index in [-0.39, 0.29) is 37.0 Å². The van der Waals surface area contributed by atoms with Crippen molar-refractivity contribution in [1.82, 2.24) is 15.1 Å². The van der Waals surface area contributed by atoms with E-state index in [1.54, 1.807) is 7.05 Å². The predicted octanol–water partition coefficient (Wildman–Crippen LogP) is 0.719. The first-order chi connectivity index (χ1) is 9.08.